The van der Waals surface area contributed by atoms with Gasteiger partial charge in [-0.05, 0) is 6.08 Å². The van der Waals surface area contributed by atoms with Gasteiger partial charge >= 0.3 is 8.25 Å². The van der Waals surface area contributed by atoms with Crippen LogP contribution in [-0.2, 0) is 9.09 Å². The summed E-state index contributed by atoms with van der Waals surface area (Å²) in [7, 11) is -2.79. The van der Waals surface area contributed by atoms with Crippen LogP contribution in [0.1, 0.15) is 0 Å². The Morgan fingerprint density at radius 1 is 1.75 bits per heavy atom. The van der Waals surface area contributed by atoms with Crippen molar-refractivity contribution in [2.75, 3.05) is 0 Å². The predicted octanol–water partition coefficient (Wildman–Crippen LogP) is 1.08. The molecule has 0 aliphatic heterocycles. The first-order valence-electron chi connectivity index (χ1n) is 1.94. The minimum Gasteiger partial charge on any atom is -0.434 e. The molecule has 8 heavy (non-hydrogen) atoms. The van der Waals surface area contributed by atoms with Crippen molar-refractivity contribution in [3.05, 3.63) is 25.0 Å². The molecule has 0 spiro atoms. The fourth-order valence-electron chi connectivity index (χ4n) is 0.153. The summed E-state index contributed by atoms with van der Waals surface area (Å²) >= 11 is 0. The van der Waals surface area contributed by atoms with Gasteiger partial charge in [0.15, 0.2) is 0 Å². The van der Waals surface area contributed by atoms with E-state index in [1.165, 1.54) is 12.2 Å². The van der Waals surface area contributed by atoms with Crippen molar-refractivity contribution in [1.82, 2.24) is 0 Å². The molecule has 0 fully saturated rings. The molecule has 0 bridgehead atoms. The van der Waals surface area contributed by atoms with Gasteiger partial charge in [-0.25, -0.2) is 4.57 Å². The maximum atomic E-state index is 9.75. The normalized spacial score (nSPS) is 13.6. The number of rotatable bonds is 3. The van der Waals surface area contributed by atoms with E-state index in [-0.39, 0.29) is 0 Å². The van der Waals surface area contributed by atoms with E-state index >= 15 is 0 Å². The van der Waals surface area contributed by atoms with Crippen LogP contribution in [0.3, 0.4) is 0 Å². The molecule has 1 N–H and O–H groups in total. The Balaban J connectivity index is 3.29. The molecule has 0 saturated carbocycles. The monoisotopic (exact) mass is 134 g/mol. The molecular formula is C4H7O3P. The van der Waals surface area contributed by atoms with E-state index in [1.54, 1.807) is 0 Å². The Bertz CT molecular complexity index is 118. The summed E-state index contributed by atoms with van der Waals surface area (Å²) in [6, 6.07) is 0. The maximum Gasteiger partial charge on any atom is 0.364 e. The first kappa shape index (κ1) is 7.47. The lowest BCUT2D eigenvalue weighted by molar-refractivity contribution is 0.378. The second-order valence-corrected chi connectivity index (χ2v) is 1.72. The molecule has 0 aliphatic rings. The first-order valence-corrected chi connectivity index (χ1v) is 3.21. The van der Waals surface area contributed by atoms with Gasteiger partial charge in [0.05, 0.1) is 6.26 Å². The zero-order valence-corrected chi connectivity index (χ0v) is 5.20. The van der Waals surface area contributed by atoms with Crippen LogP contribution in [0.25, 0.3) is 0 Å². The van der Waals surface area contributed by atoms with Crippen LogP contribution in [0.4, 0.5) is 0 Å². The molecule has 0 heterocycles. The Morgan fingerprint density at radius 3 is 2.75 bits per heavy atom. The van der Waals surface area contributed by atoms with Crippen molar-refractivity contribution in [3.63, 3.8) is 0 Å². The van der Waals surface area contributed by atoms with Crippen LogP contribution in [0, 0.1) is 0 Å². The highest BCUT2D eigenvalue weighted by Crippen LogP contribution is 2.13. The molecule has 1 atom stereocenters. The highest BCUT2D eigenvalue weighted by atomic mass is 31.1. The molecule has 0 amide bonds. The number of allylic oxidation sites excluding steroid dienone is 2. The molecule has 1 unspecified atom stereocenters. The molecule has 0 saturated heterocycles. The van der Waals surface area contributed by atoms with Gasteiger partial charge in [-0.2, -0.15) is 0 Å². The van der Waals surface area contributed by atoms with Crippen molar-refractivity contribution in [2.45, 2.75) is 0 Å². The highest BCUT2D eigenvalue weighted by Gasteiger charge is 1.79. The Kier molecular flexibility index (Phi) is 4.32. The van der Waals surface area contributed by atoms with Gasteiger partial charge < -0.3 is 9.42 Å². The van der Waals surface area contributed by atoms with Gasteiger partial charge in [0.25, 0.3) is 0 Å². The van der Waals surface area contributed by atoms with E-state index in [2.05, 4.69) is 11.1 Å². The fraction of sp³-hybridized carbons (Fsp3) is 0. The summed E-state index contributed by atoms with van der Waals surface area (Å²) < 4.78 is 13.9. The average Bonchev–Trinajstić information content (AvgIpc) is 1.66. The summed E-state index contributed by atoms with van der Waals surface area (Å²) in [5.41, 5.74) is 0. The number of hydrogen-bond acceptors (Lipinski definition) is 2. The number of hydrogen-bond donors (Lipinski definition) is 1. The molecule has 3 nitrogen and oxygen atoms in total. The summed E-state index contributed by atoms with van der Waals surface area (Å²) in [6.45, 7) is 3.32. The summed E-state index contributed by atoms with van der Waals surface area (Å²) in [5.74, 6) is 0. The zero-order valence-electron chi connectivity index (χ0n) is 4.20. The van der Waals surface area contributed by atoms with Crippen LogP contribution in [0.2, 0.25) is 0 Å². The molecule has 4 heteroatoms. The van der Waals surface area contributed by atoms with Crippen molar-refractivity contribution in [3.8, 4) is 0 Å². The second kappa shape index (κ2) is 4.62. The van der Waals surface area contributed by atoms with E-state index in [9.17, 15) is 4.57 Å². The van der Waals surface area contributed by atoms with E-state index in [0.29, 0.717) is 0 Å². The van der Waals surface area contributed by atoms with Crippen molar-refractivity contribution in [2.24, 2.45) is 0 Å². The minimum atomic E-state index is -2.79. The molecule has 0 aliphatic carbocycles. The van der Waals surface area contributed by atoms with Gasteiger partial charge in [-0.15, -0.1) is 0 Å². The SMILES string of the molecule is C=CC=CO[PH](=O)O. The van der Waals surface area contributed by atoms with Gasteiger partial charge in [-0.3, -0.25) is 0 Å². The second-order valence-electron chi connectivity index (χ2n) is 0.948. The first-order chi connectivity index (χ1) is 3.77. The molecule has 46 valence electrons. The lowest BCUT2D eigenvalue weighted by atomic mass is 10.6. The van der Waals surface area contributed by atoms with Gasteiger partial charge in [0.1, 0.15) is 0 Å². The highest BCUT2D eigenvalue weighted by molar-refractivity contribution is 7.32. The summed E-state index contributed by atoms with van der Waals surface area (Å²) in [5, 5.41) is 0. The lowest BCUT2D eigenvalue weighted by Gasteiger charge is -1.87. The lowest BCUT2D eigenvalue weighted by Crippen LogP contribution is -1.59. The van der Waals surface area contributed by atoms with E-state index in [4.69, 9.17) is 4.89 Å². The largest absolute Gasteiger partial charge is 0.434 e. The van der Waals surface area contributed by atoms with Gasteiger partial charge in [0, 0.05) is 0 Å². The third-order valence-corrected chi connectivity index (χ3v) is 0.721. The molecular weight excluding hydrogens is 127 g/mol. The summed E-state index contributed by atoms with van der Waals surface area (Å²) in [4.78, 5) is 8.02. The van der Waals surface area contributed by atoms with Crippen LogP contribution < -0.4 is 0 Å². The quantitative estimate of drug-likeness (QED) is 0.357. The van der Waals surface area contributed by atoms with Crippen molar-refractivity contribution >= 4 is 8.25 Å². The topological polar surface area (TPSA) is 46.5 Å². The molecule has 0 aromatic carbocycles. The van der Waals surface area contributed by atoms with Gasteiger partial charge in [0.2, 0.25) is 0 Å². The zero-order chi connectivity index (χ0) is 6.41. The molecule has 0 aromatic heterocycles. The minimum absolute atomic E-state index is 1.12. The average molecular weight is 134 g/mol. The van der Waals surface area contributed by atoms with Crippen LogP contribution in [0.15, 0.2) is 25.0 Å². The van der Waals surface area contributed by atoms with Crippen LogP contribution >= 0.6 is 8.25 Å². The Morgan fingerprint density at radius 2 is 2.38 bits per heavy atom. The third-order valence-electron chi connectivity index (χ3n) is 0.384. The smallest absolute Gasteiger partial charge is 0.364 e. The Hall–Kier alpha value is -0.530. The van der Waals surface area contributed by atoms with Gasteiger partial charge in [-0.1, -0.05) is 12.7 Å². The fourth-order valence-corrected chi connectivity index (χ4v) is 0.348. The third kappa shape index (κ3) is 5.47. The van der Waals surface area contributed by atoms with Crippen LogP contribution in [0.5, 0.6) is 0 Å². The summed E-state index contributed by atoms with van der Waals surface area (Å²) in [6.07, 6.45) is 4.00. The van der Waals surface area contributed by atoms with E-state index < -0.39 is 8.25 Å². The van der Waals surface area contributed by atoms with Crippen molar-refractivity contribution in [1.29, 1.82) is 0 Å². The molecule has 0 radical (unpaired) electrons. The maximum absolute atomic E-state index is 9.75. The molecule has 0 aromatic rings. The molecule has 0 rings (SSSR count). The van der Waals surface area contributed by atoms with Crippen molar-refractivity contribution < 1.29 is 14.0 Å². The van der Waals surface area contributed by atoms with E-state index in [1.807, 2.05) is 0 Å². The standard InChI is InChI=1S/C4H7O3P/c1-2-3-4-7-8(5)6/h2-4,8H,1H2,(H,5,6). The van der Waals surface area contributed by atoms with Crippen LogP contribution in [-0.4, -0.2) is 4.89 Å². The predicted molar refractivity (Wildman–Crippen MR) is 31.6 cm³/mol. The Labute approximate surface area is 48.2 Å². The van der Waals surface area contributed by atoms with E-state index in [0.717, 1.165) is 6.26 Å².